The molecule has 0 atom stereocenters. The second-order valence-corrected chi connectivity index (χ2v) is 10.3. The number of benzene rings is 2. The lowest BCUT2D eigenvalue weighted by molar-refractivity contribution is -0.141. The van der Waals surface area contributed by atoms with Crippen LogP contribution in [0.3, 0.4) is 0 Å². The summed E-state index contributed by atoms with van der Waals surface area (Å²) in [4.78, 5) is 50.6. The zero-order chi connectivity index (χ0) is 25.9. The van der Waals surface area contributed by atoms with Gasteiger partial charge in [0.05, 0.1) is 30.8 Å². The molecule has 6 rings (SSSR count). The fraction of sp³-hybridized carbons (Fsp3) is 0.500. The predicted octanol–water partition coefficient (Wildman–Crippen LogP) is 5.62. The lowest BCUT2D eigenvalue weighted by Gasteiger charge is -2.25. The summed E-state index contributed by atoms with van der Waals surface area (Å²) >= 11 is 0. The Balaban J connectivity index is 0.000000237. The molecule has 2 aromatic rings. The van der Waals surface area contributed by atoms with Crippen LogP contribution in [0, 0.1) is 0 Å². The standard InChI is InChI=1S/C19H23NO4.C11H11NO.2CH4/c1-13(21)24-9-4-2-3-7-17(22)15-10-14-6-5-8-20-18(23)12-16(11-15)19(14)20;13-10-7-9-4-1-3-8-5-2-6-12(10)11(8)9;;/h10-11H,2-9,12H2,1H3;1,3-4H,2,5-7H2;2*1H4. The molecule has 7 nitrogen and oxygen atoms in total. The number of hydrogen-bond acceptors (Lipinski definition) is 5. The summed E-state index contributed by atoms with van der Waals surface area (Å²) in [6.45, 7) is 3.54. The van der Waals surface area contributed by atoms with E-state index >= 15 is 0 Å². The van der Waals surface area contributed by atoms with Gasteiger partial charge >= 0.3 is 5.97 Å². The summed E-state index contributed by atoms with van der Waals surface area (Å²) < 4.78 is 4.88. The Hall–Kier alpha value is -3.48. The van der Waals surface area contributed by atoms with Gasteiger partial charge in [0.15, 0.2) is 5.78 Å². The number of unbranched alkanes of at least 4 members (excludes halogenated alkanes) is 2. The van der Waals surface area contributed by atoms with Crippen LogP contribution >= 0.6 is 0 Å². The molecule has 39 heavy (non-hydrogen) atoms. The number of Topliss-reactive ketones (excluding diaryl/α,β-unsaturated/α-hetero) is 1. The highest BCUT2D eigenvalue weighted by atomic mass is 16.5. The number of aryl methyl sites for hydroxylation is 2. The number of para-hydroxylation sites is 1. The van der Waals surface area contributed by atoms with Crippen LogP contribution in [0.4, 0.5) is 11.4 Å². The van der Waals surface area contributed by atoms with Gasteiger partial charge in [0.2, 0.25) is 11.8 Å². The molecule has 0 radical (unpaired) electrons. The van der Waals surface area contributed by atoms with Gasteiger partial charge in [-0.15, -0.1) is 0 Å². The molecular formula is C32H42N2O5. The number of nitrogens with zero attached hydrogens (tertiary/aromatic N) is 2. The molecule has 4 aliphatic rings. The minimum absolute atomic E-state index is 0. The molecule has 0 fully saturated rings. The van der Waals surface area contributed by atoms with Crippen molar-refractivity contribution in [2.45, 2.75) is 86.0 Å². The number of carbonyl (C=O) groups excluding carboxylic acids is 4. The first-order chi connectivity index (χ1) is 17.9. The van der Waals surface area contributed by atoms with E-state index in [0.29, 0.717) is 25.9 Å². The van der Waals surface area contributed by atoms with Crippen LogP contribution in [0.25, 0.3) is 0 Å². The summed E-state index contributed by atoms with van der Waals surface area (Å²) in [6.07, 6.45) is 8.12. The number of amides is 2. The van der Waals surface area contributed by atoms with Crippen molar-refractivity contribution in [1.29, 1.82) is 0 Å². The maximum absolute atomic E-state index is 12.5. The third-order valence-electron chi connectivity index (χ3n) is 7.63. The highest BCUT2D eigenvalue weighted by molar-refractivity contribution is 6.05. The molecule has 210 valence electrons. The Kier molecular flexibility index (Phi) is 10.1. The molecule has 0 saturated heterocycles. The zero-order valence-electron chi connectivity index (χ0n) is 21.5. The quantitative estimate of drug-likeness (QED) is 0.261. The number of ketones is 1. The number of carbonyl (C=O) groups is 4. The van der Waals surface area contributed by atoms with Crippen LogP contribution in [-0.2, 0) is 44.8 Å². The molecular weight excluding hydrogens is 492 g/mol. The van der Waals surface area contributed by atoms with Crippen LogP contribution in [0.5, 0.6) is 0 Å². The Labute approximate surface area is 232 Å². The topological polar surface area (TPSA) is 84.0 Å². The van der Waals surface area contributed by atoms with Crippen molar-refractivity contribution in [2.75, 3.05) is 29.5 Å². The number of ether oxygens (including phenoxy) is 1. The SMILES string of the molecule is C.C.CC(=O)OCCCCCC(=O)c1cc2c3c(c1)CC(=O)N3CCC2.O=C1Cc2cccc3c2N1CCC3. The van der Waals surface area contributed by atoms with Crippen LogP contribution in [-0.4, -0.2) is 43.3 Å². The van der Waals surface area contributed by atoms with Gasteiger partial charge in [-0.1, -0.05) is 33.1 Å². The van der Waals surface area contributed by atoms with Crippen molar-refractivity contribution >= 4 is 34.9 Å². The largest absolute Gasteiger partial charge is 0.466 e. The zero-order valence-corrected chi connectivity index (χ0v) is 21.5. The molecule has 0 N–H and O–H groups in total. The van der Waals surface area contributed by atoms with Crippen molar-refractivity contribution in [2.24, 2.45) is 0 Å². The van der Waals surface area contributed by atoms with Crippen molar-refractivity contribution in [1.82, 2.24) is 0 Å². The smallest absolute Gasteiger partial charge is 0.302 e. The fourth-order valence-electron chi connectivity index (χ4n) is 5.95. The van der Waals surface area contributed by atoms with Crippen molar-refractivity contribution in [3.8, 4) is 0 Å². The molecule has 0 aliphatic carbocycles. The van der Waals surface area contributed by atoms with Crippen LogP contribution in [0.15, 0.2) is 30.3 Å². The Morgan fingerprint density at radius 2 is 1.38 bits per heavy atom. The van der Waals surface area contributed by atoms with E-state index in [9.17, 15) is 19.2 Å². The molecule has 2 amide bonds. The lowest BCUT2D eigenvalue weighted by Crippen LogP contribution is -2.31. The van der Waals surface area contributed by atoms with Gasteiger partial charge in [-0.25, -0.2) is 0 Å². The molecule has 0 spiro atoms. The van der Waals surface area contributed by atoms with E-state index in [4.69, 9.17) is 4.74 Å². The second kappa shape index (κ2) is 13.0. The maximum Gasteiger partial charge on any atom is 0.302 e. The van der Waals surface area contributed by atoms with Crippen molar-refractivity contribution in [3.63, 3.8) is 0 Å². The van der Waals surface area contributed by atoms with Gasteiger partial charge < -0.3 is 14.5 Å². The van der Waals surface area contributed by atoms with E-state index in [1.165, 1.54) is 23.7 Å². The Morgan fingerprint density at radius 3 is 2.08 bits per heavy atom. The molecule has 0 bridgehead atoms. The molecule has 0 saturated carbocycles. The molecule has 4 heterocycles. The minimum atomic E-state index is -0.262. The van der Waals surface area contributed by atoms with Gasteiger partial charge in [0, 0.05) is 32.0 Å². The van der Waals surface area contributed by atoms with Gasteiger partial charge in [-0.05, 0) is 79.3 Å². The first-order valence-electron chi connectivity index (χ1n) is 13.5. The third kappa shape index (κ3) is 6.40. The second-order valence-electron chi connectivity index (χ2n) is 10.3. The highest BCUT2D eigenvalue weighted by Gasteiger charge is 2.33. The number of hydrogen-bond donors (Lipinski definition) is 0. The minimum Gasteiger partial charge on any atom is -0.466 e. The van der Waals surface area contributed by atoms with E-state index in [1.54, 1.807) is 0 Å². The van der Waals surface area contributed by atoms with Crippen LogP contribution in [0.2, 0.25) is 0 Å². The third-order valence-corrected chi connectivity index (χ3v) is 7.63. The lowest BCUT2D eigenvalue weighted by atomic mass is 9.94. The van der Waals surface area contributed by atoms with E-state index in [-0.39, 0.29) is 38.4 Å². The molecule has 0 unspecified atom stereocenters. The molecule has 2 aromatic carbocycles. The average Bonchev–Trinajstić information content (AvgIpc) is 3.40. The summed E-state index contributed by atoms with van der Waals surface area (Å²) in [5.74, 6) is 0.308. The predicted molar refractivity (Wildman–Crippen MR) is 155 cm³/mol. The summed E-state index contributed by atoms with van der Waals surface area (Å²) in [5.41, 5.74) is 7.75. The number of anilines is 2. The normalized spacial score (nSPS) is 15.8. The molecule has 4 aliphatic heterocycles. The van der Waals surface area contributed by atoms with E-state index in [0.717, 1.165) is 80.4 Å². The molecule has 0 aromatic heterocycles. The van der Waals surface area contributed by atoms with Crippen LogP contribution < -0.4 is 9.80 Å². The monoisotopic (exact) mass is 534 g/mol. The van der Waals surface area contributed by atoms with Crippen molar-refractivity contribution in [3.05, 3.63) is 58.1 Å². The van der Waals surface area contributed by atoms with E-state index in [2.05, 4.69) is 18.2 Å². The Bertz CT molecular complexity index is 1250. The van der Waals surface area contributed by atoms with Crippen molar-refractivity contribution < 1.29 is 23.9 Å². The van der Waals surface area contributed by atoms with E-state index < -0.39 is 0 Å². The first-order valence-corrected chi connectivity index (χ1v) is 13.5. The van der Waals surface area contributed by atoms with Crippen LogP contribution in [0.1, 0.15) is 92.9 Å². The van der Waals surface area contributed by atoms with Gasteiger partial charge in [0.1, 0.15) is 0 Å². The number of esters is 1. The summed E-state index contributed by atoms with van der Waals surface area (Å²) in [6, 6.07) is 10.2. The fourth-order valence-corrected chi connectivity index (χ4v) is 5.95. The summed E-state index contributed by atoms with van der Waals surface area (Å²) in [5, 5.41) is 0. The average molecular weight is 535 g/mol. The molecule has 7 heteroatoms. The van der Waals surface area contributed by atoms with Gasteiger partial charge in [0.25, 0.3) is 0 Å². The van der Waals surface area contributed by atoms with E-state index in [1.807, 2.05) is 21.9 Å². The Morgan fingerprint density at radius 1 is 0.795 bits per heavy atom. The van der Waals surface area contributed by atoms with Gasteiger partial charge in [-0.3, -0.25) is 19.2 Å². The highest BCUT2D eigenvalue weighted by Crippen LogP contribution is 2.38. The summed E-state index contributed by atoms with van der Waals surface area (Å²) in [7, 11) is 0. The number of rotatable bonds is 7. The first kappa shape index (κ1) is 30.1. The van der Waals surface area contributed by atoms with Gasteiger partial charge in [-0.2, -0.15) is 0 Å². The maximum atomic E-state index is 12.5.